The quantitative estimate of drug-likeness (QED) is 0.202. The van der Waals surface area contributed by atoms with Crippen LogP contribution in [-0.2, 0) is 11.3 Å². The molecule has 0 aliphatic carbocycles. The van der Waals surface area contributed by atoms with Crippen LogP contribution >= 0.6 is 23.1 Å². The van der Waals surface area contributed by atoms with Crippen LogP contribution in [0.2, 0.25) is 0 Å². The van der Waals surface area contributed by atoms with Gasteiger partial charge in [0, 0.05) is 11.3 Å². The largest absolute Gasteiger partial charge is 0.490 e. The summed E-state index contributed by atoms with van der Waals surface area (Å²) in [6.45, 7) is 8.70. The molecule has 216 valence electrons. The third-order valence-corrected chi connectivity index (χ3v) is 7.08. The Morgan fingerprint density at radius 3 is 2.22 bits per heavy atom. The molecule has 2 N–H and O–H groups in total. The van der Waals surface area contributed by atoms with Gasteiger partial charge in [0.15, 0.2) is 22.5 Å². The van der Waals surface area contributed by atoms with Crippen molar-refractivity contribution in [2.75, 3.05) is 30.9 Å². The van der Waals surface area contributed by atoms with E-state index in [0.29, 0.717) is 58.7 Å². The van der Waals surface area contributed by atoms with Gasteiger partial charge in [0.25, 0.3) is 5.91 Å². The maximum atomic E-state index is 13.3. The van der Waals surface area contributed by atoms with Gasteiger partial charge in [-0.25, -0.2) is 0 Å². The maximum Gasteiger partial charge on any atom is 0.251 e. The molecule has 0 spiro atoms. The highest BCUT2D eigenvalue weighted by Gasteiger charge is 2.20. The topological polar surface area (TPSA) is 142 Å². The molecule has 2 amide bonds. The molecule has 12 nitrogen and oxygen atoms in total. The molecule has 2 heterocycles. The fourth-order valence-corrected chi connectivity index (χ4v) is 5.14. The predicted molar refractivity (Wildman–Crippen MR) is 156 cm³/mol. The first-order chi connectivity index (χ1) is 19.9. The molecule has 14 heteroatoms. The predicted octanol–water partition coefficient (Wildman–Crippen LogP) is 4.28. The van der Waals surface area contributed by atoms with Crippen molar-refractivity contribution >= 4 is 40.0 Å². The van der Waals surface area contributed by atoms with E-state index in [4.69, 9.17) is 14.2 Å². The van der Waals surface area contributed by atoms with E-state index in [-0.39, 0.29) is 24.1 Å². The number of nitrogens with one attached hydrogen (secondary N) is 2. The van der Waals surface area contributed by atoms with Gasteiger partial charge < -0.3 is 19.5 Å². The van der Waals surface area contributed by atoms with Gasteiger partial charge in [0.1, 0.15) is 5.01 Å². The number of thioether (sulfide) groups is 1. The van der Waals surface area contributed by atoms with E-state index in [1.807, 2.05) is 62.6 Å². The number of carbonyl (C=O) groups excluding carboxylic acids is 2. The summed E-state index contributed by atoms with van der Waals surface area (Å²) in [7, 11) is 0. The fourth-order valence-electron chi connectivity index (χ4n) is 3.76. The van der Waals surface area contributed by atoms with E-state index in [1.165, 1.54) is 23.1 Å². The van der Waals surface area contributed by atoms with Gasteiger partial charge in [-0.15, -0.1) is 20.4 Å². The number of carbonyl (C=O) groups is 2. The monoisotopic (exact) mass is 597 g/mol. The van der Waals surface area contributed by atoms with Gasteiger partial charge >= 0.3 is 0 Å². The molecule has 2 aromatic heterocycles. The molecule has 2 aromatic carbocycles. The standard InChI is InChI=1S/C27H31N7O5S2/c1-5-37-20-13-18(14-21(38-6-2)24(20)39-7-3)25(36)28-15-22-31-33-27(34(22)19-11-9-8-10-12-19)40-16-23(35)29-26-32-30-17(4)41-26/h8-14H,5-7,15-16H2,1-4H3,(H,28,36)(H,29,32,35). The molecule has 0 fully saturated rings. The van der Waals surface area contributed by atoms with Crippen molar-refractivity contribution in [3.63, 3.8) is 0 Å². The number of nitrogens with zero attached hydrogens (tertiary/aromatic N) is 5. The first-order valence-corrected chi connectivity index (χ1v) is 14.8. The summed E-state index contributed by atoms with van der Waals surface area (Å²) in [5.41, 5.74) is 1.15. The van der Waals surface area contributed by atoms with Gasteiger partial charge in [-0.1, -0.05) is 41.3 Å². The number of amides is 2. The van der Waals surface area contributed by atoms with Crippen molar-refractivity contribution < 1.29 is 23.8 Å². The number of aryl methyl sites for hydroxylation is 1. The molecule has 0 atom stereocenters. The summed E-state index contributed by atoms with van der Waals surface area (Å²) < 4.78 is 19.0. The van der Waals surface area contributed by atoms with E-state index < -0.39 is 0 Å². The Bertz CT molecular complexity index is 1450. The molecule has 4 rings (SSSR count). The number of aromatic nitrogens is 5. The Balaban J connectivity index is 1.52. The van der Waals surface area contributed by atoms with Crippen molar-refractivity contribution in [1.82, 2.24) is 30.3 Å². The van der Waals surface area contributed by atoms with E-state index in [1.54, 1.807) is 12.1 Å². The molecule has 0 radical (unpaired) electrons. The summed E-state index contributed by atoms with van der Waals surface area (Å²) in [6, 6.07) is 12.7. The van der Waals surface area contributed by atoms with E-state index >= 15 is 0 Å². The van der Waals surface area contributed by atoms with Crippen LogP contribution in [0.15, 0.2) is 47.6 Å². The Morgan fingerprint density at radius 1 is 0.927 bits per heavy atom. The van der Waals surface area contributed by atoms with E-state index in [0.717, 1.165) is 10.7 Å². The third-order valence-electron chi connectivity index (χ3n) is 5.40. The van der Waals surface area contributed by atoms with Crippen LogP contribution in [0, 0.1) is 6.92 Å². The third kappa shape index (κ3) is 7.73. The normalized spacial score (nSPS) is 10.7. The van der Waals surface area contributed by atoms with Crippen LogP contribution in [0.4, 0.5) is 5.13 Å². The summed E-state index contributed by atoms with van der Waals surface area (Å²) in [6.07, 6.45) is 0. The molecule has 0 saturated heterocycles. The van der Waals surface area contributed by atoms with Gasteiger partial charge in [0.05, 0.1) is 32.1 Å². The number of benzene rings is 2. The highest BCUT2D eigenvalue weighted by molar-refractivity contribution is 7.99. The Hall–Kier alpha value is -4.17. The zero-order valence-electron chi connectivity index (χ0n) is 23.2. The second-order valence-electron chi connectivity index (χ2n) is 8.32. The van der Waals surface area contributed by atoms with Crippen LogP contribution < -0.4 is 24.8 Å². The molecule has 0 aliphatic heterocycles. The van der Waals surface area contributed by atoms with Gasteiger partial charge in [-0.2, -0.15) is 0 Å². The fraction of sp³-hybridized carbons (Fsp3) is 0.333. The molecule has 0 bridgehead atoms. The second-order valence-corrected chi connectivity index (χ2v) is 10.4. The Labute approximate surface area is 245 Å². The number of hydrogen-bond acceptors (Lipinski definition) is 11. The van der Waals surface area contributed by atoms with Gasteiger partial charge in [-0.3, -0.25) is 19.5 Å². The van der Waals surface area contributed by atoms with Crippen LogP contribution in [0.5, 0.6) is 17.2 Å². The SMILES string of the molecule is CCOc1cc(C(=O)NCc2nnc(SCC(=O)Nc3nnc(C)s3)n2-c2ccccc2)cc(OCC)c1OCC. The number of ether oxygens (including phenoxy) is 3. The van der Waals surface area contributed by atoms with Crippen LogP contribution in [0.25, 0.3) is 5.69 Å². The molecule has 4 aromatic rings. The average molecular weight is 598 g/mol. The second kappa shape index (κ2) is 14.5. The van der Waals surface area contributed by atoms with Crippen molar-refractivity contribution in [3.8, 4) is 22.9 Å². The van der Waals surface area contributed by atoms with Gasteiger partial charge in [0.2, 0.25) is 16.8 Å². The Morgan fingerprint density at radius 2 is 1.61 bits per heavy atom. The van der Waals surface area contributed by atoms with E-state index in [2.05, 4.69) is 31.0 Å². The summed E-state index contributed by atoms with van der Waals surface area (Å²) in [5.74, 6) is 1.31. The lowest BCUT2D eigenvalue weighted by Gasteiger charge is -2.17. The van der Waals surface area contributed by atoms with Crippen molar-refractivity contribution in [1.29, 1.82) is 0 Å². The van der Waals surface area contributed by atoms with Crippen LogP contribution in [0.3, 0.4) is 0 Å². The van der Waals surface area contributed by atoms with Crippen LogP contribution in [0.1, 0.15) is 42.0 Å². The minimum Gasteiger partial charge on any atom is -0.490 e. The molecule has 41 heavy (non-hydrogen) atoms. The van der Waals surface area contributed by atoms with Crippen molar-refractivity contribution in [3.05, 3.63) is 58.9 Å². The molecular formula is C27H31N7O5S2. The molecule has 0 aliphatic rings. The van der Waals surface area contributed by atoms with Crippen molar-refractivity contribution in [2.24, 2.45) is 0 Å². The van der Waals surface area contributed by atoms with Gasteiger partial charge in [-0.05, 0) is 52.0 Å². The highest BCUT2D eigenvalue weighted by Crippen LogP contribution is 2.39. The lowest BCUT2D eigenvalue weighted by atomic mass is 10.1. The Kier molecular flexibility index (Phi) is 10.5. The number of para-hydroxylation sites is 1. The minimum atomic E-state index is -0.349. The molecule has 0 saturated carbocycles. The minimum absolute atomic E-state index is 0.0820. The average Bonchev–Trinajstić information content (AvgIpc) is 3.58. The summed E-state index contributed by atoms with van der Waals surface area (Å²) >= 11 is 2.52. The first-order valence-electron chi connectivity index (χ1n) is 13.0. The number of hydrogen-bond donors (Lipinski definition) is 2. The first kappa shape index (κ1) is 29.8. The highest BCUT2D eigenvalue weighted by atomic mass is 32.2. The van der Waals surface area contributed by atoms with E-state index in [9.17, 15) is 9.59 Å². The molecule has 0 unspecified atom stereocenters. The zero-order valence-corrected chi connectivity index (χ0v) is 24.8. The molecular weight excluding hydrogens is 566 g/mol. The smallest absolute Gasteiger partial charge is 0.251 e. The van der Waals surface area contributed by atoms with Crippen molar-refractivity contribution in [2.45, 2.75) is 39.4 Å². The number of rotatable bonds is 14. The maximum absolute atomic E-state index is 13.3. The van der Waals surface area contributed by atoms with Crippen LogP contribution in [-0.4, -0.2) is 62.3 Å². The lowest BCUT2D eigenvalue weighted by molar-refractivity contribution is -0.113. The lowest BCUT2D eigenvalue weighted by Crippen LogP contribution is -2.25. The summed E-state index contributed by atoms with van der Waals surface area (Å²) in [4.78, 5) is 25.8. The summed E-state index contributed by atoms with van der Waals surface area (Å²) in [5, 5.41) is 23.8. The zero-order chi connectivity index (χ0) is 29.2. The number of anilines is 1.